The molecule has 0 aliphatic rings. The fourth-order valence-electron chi connectivity index (χ4n) is 1.55. The van der Waals surface area contributed by atoms with Gasteiger partial charge < -0.3 is 5.11 Å². The number of carboxylic acids is 1. The van der Waals surface area contributed by atoms with Crippen molar-refractivity contribution >= 4 is 5.97 Å². The van der Waals surface area contributed by atoms with Gasteiger partial charge in [0.2, 0.25) is 0 Å². The lowest BCUT2D eigenvalue weighted by Crippen LogP contribution is -2.07. The van der Waals surface area contributed by atoms with Crippen LogP contribution in [0.2, 0.25) is 0 Å². The van der Waals surface area contributed by atoms with Gasteiger partial charge in [-0.1, -0.05) is 0 Å². The first-order valence-corrected chi connectivity index (χ1v) is 5.08. The van der Waals surface area contributed by atoms with Gasteiger partial charge in [0.1, 0.15) is 5.82 Å². The molecule has 4 nitrogen and oxygen atoms in total. The van der Waals surface area contributed by atoms with E-state index in [0.717, 1.165) is 11.8 Å². The van der Waals surface area contributed by atoms with E-state index < -0.39 is 11.8 Å². The molecule has 88 valence electrons. The van der Waals surface area contributed by atoms with Gasteiger partial charge in [0.15, 0.2) is 0 Å². The Kier molecular flexibility index (Phi) is 2.91. The Morgan fingerprint density at radius 2 is 2.24 bits per heavy atom. The van der Waals surface area contributed by atoms with Crippen molar-refractivity contribution in [2.24, 2.45) is 0 Å². The zero-order chi connectivity index (χ0) is 12.4. The van der Waals surface area contributed by atoms with Gasteiger partial charge in [-0.2, -0.15) is 5.10 Å². The summed E-state index contributed by atoms with van der Waals surface area (Å²) in [7, 11) is 0. The van der Waals surface area contributed by atoms with E-state index in [2.05, 4.69) is 5.10 Å². The third kappa shape index (κ3) is 2.33. The molecule has 1 N–H and O–H groups in total. The maximum atomic E-state index is 13.5. The number of hydrogen-bond donors (Lipinski definition) is 1. The van der Waals surface area contributed by atoms with Crippen LogP contribution < -0.4 is 0 Å². The predicted octanol–water partition coefficient (Wildman–Crippen LogP) is 2.08. The summed E-state index contributed by atoms with van der Waals surface area (Å²) < 4.78 is 15.1. The monoisotopic (exact) mass is 234 g/mol. The smallest absolute Gasteiger partial charge is 0.335 e. The van der Waals surface area contributed by atoms with Crippen molar-refractivity contribution in [3.05, 3.63) is 53.1 Å². The molecule has 0 spiro atoms. The van der Waals surface area contributed by atoms with E-state index in [1.165, 1.54) is 12.1 Å². The number of halogens is 1. The maximum Gasteiger partial charge on any atom is 0.335 e. The summed E-state index contributed by atoms with van der Waals surface area (Å²) in [5.74, 6) is -1.49. The second-order valence-electron chi connectivity index (χ2n) is 3.74. The molecule has 17 heavy (non-hydrogen) atoms. The van der Waals surface area contributed by atoms with E-state index in [-0.39, 0.29) is 12.1 Å². The van der Waals surface area contributed by atoms with Crippen LogP contribution in [-0.2, 0) is 6.54 Å². The Morgan fingerprint density at radius 1 is 1.47 bits per heavy atom. The van der Waals surface area contributed by atoms with Crippen molar-refractivity contribution in [2.45, 2.75) is 13.5 Å². The molecule has 0 fully saturated rings. The van der Waals surface area contributed by atoms with Crippen LogP contribution in [0.1, 0.15) is 21.6 Å². The van der Waals surface area contributed by atoms with Gasteiger partial charge in [-0.3, -0.25) is 4.68 Å². The van der Waals surface area contributed by atoms with Crippen molar-refractivity contribution in [3.63, 3.8) is 0 Å². The first-order chi connectivity index (χ1) is 8.08. The van der Waals surface area contributed by atoms with Gasteiger partial charge in [0.05, 0.1) is 12.1 Å². The first-order valence-electron chi connectivity index (χ1n) is 5.08. The van der Waals surface area contributed by atoms with Gasteiger partial charge in [-0.05, 0) is 31.2 Å². The van der Waals surface area contributed by atoms with Crippen LogP contribution in [0.15, 0.2) is 30.5 Å². The number of rotatable bonds is 3. The molecule has 1 aromatic carbocycles. The number of aryl methyl sites for hydroxylation is 1. The van der Waals surface area contributed by atoms with Crippen molar-refractivity contribution in [2.75, 3.05) is 0 Å². The zero-order valence-corrected chi connectivity index (χ0v) is 9.22. The topological polar surface area (TPSA) is 55.1 Å². The van der Waals surface area contributed by atoms with E-state index >= 15 is 0 Å². The quantitative estimate of drug-likeness (QED) is 0.884. The molecule has 0 unspecified atom stereocenters. The number of carbonyl (C=O) groups is 1. The average molecular weight is 234 g/mol. The lowest BCUT2D eigenvalue weighted by atomic mass is 10.1. The third-order valence-corrected chi connectivity index (χ3v) is 2.54. The molecule has 0 bridgehead atoms. The summed E-state index contributed by atoms with van der Waals surface area (Å²) in [5.41, 5.74) is 1.29. The van der Waals surface area contributed by atoms with Gasteiger partial charge in [0.25, 0.3) is 0 Å². The number of carboxylic acid groups (broad SMARTS) is 1. The summed E-state index contributed by atoms with van der Waals surface area (Å²) in [4.78, 5) is 10.8. The van der Waals surface area contributed by atoms with E-state index in [4.69, 9.17) is 5.11 Å². The maximum absolute atomic E-state index is 13.5. The Hall–Kier alpha value is -2.17. The molecular formula is C12H11FN2O2. The van der Waals surface area contributed by atoms with Gasteiger partial charge in [-0.15, -0.1) is 0 Å². The summed E-state index contributed by atoms with van der Waals surface area (Å²) in [6, 6.07) is 5.55. The third-order valence-electron chi connectivity index (χ3n) is 2.54. The molecule has 1 heterocycles. The normalized spacial score (nSPS) is 10.5. The van der Waals surface area contributed by atoms with E-state index in [1.54, 1.807) is 16.9 Å². The molecular weight excluding hydrogens is 223 g/mol. The molecule has 0 aliphatic heterocycles. The number of benzene rings is 1. The lowest BCUT2D eigenvalue weighted by Gasteiger charge is -2.06. The molecule has 2 rings (SSSR count). The SMILES string of the molecule is Cc1ccnn1Cc1cc(C(=O)O)ccc1F. The van der Waals surface area contributed by atoms with Crippen molar-refractivity contribution in [1.29, 1.82) is 0 Å². The molecule has 0 aliphatic carbocycles. The highest BCUT2D eigenvalue weighted by Crippen LogP contribution is 2.13. The highest BCUT2D eigenvalue weighted by atomic mass is 19.1. The second kappa shape index (κ2) is 4.37. The van der Waals surface area contributed by atoms with Gasteiger partial charge >= 0.3 is 5.97 Å². The molecule has 1 aromatic heterocycles. The Morgan fingerprint density at radius 3 is 2.82 bits per heavy atom. The number of aromatic carboxylic acids is 1. The van der Waals surface area contributed by atoms with Crippen molar-refractivity contribution < 1.29 is 14.3 Å². The Balaban J connectivity index is 2.35. The van der Waals surface area contributed by atoms with Crippen molar-refractivity contribution in [1.82, 2.24) is 9.78 Å². The Bertz CT molecular complexity index is 563. The Labute approximate surface area is 97.3 Å². The number of aromatic nitrogens is 2. The largest absolute Gasteiger partial charge is 0.478 e. The van der Waals surface area contributed by atoms with E-state index in [0.29, 0.717) is 5.56 Å². The van der Waals surface area contributed by atoms with E-state index in [1.807, 2.05) is 6.92 Å². The zero-order valence-electron chi connectivity index (χ0n) is 9.22. The minimum absolute atomic E-state index is 0.0752. The van der Waals surface area contributed by atoms with Crippen LogP contribution >= 0.6 is 0 Å². The number of hydrogen-bond acceptors (Lipinski definition) is 2. The summed E-state index contributed by atoms with van der Waals surface area (Å²) in [5, 5.41) is 12.9. The minimum Gasteiger partial charge on any atom is -0.478 e. The molecule has 0 amide bonds. The van der Waals surface area contributed by atoms with Crippen LogP contribution in [0.3, 0.4) is 0 Å². The highest BCUT2D eigenvalue weighted by molar-refractivity contribution is 5.87. The van der Waals surface area contributed by atoms with Crippen molar-refractivity contribution in [3.8, 4) is 0 Å². The average Bonchev–Trinajstić information content (AvgIpc) is 2.67. The summed E-state index contributed by atoms with van der Waals surface area (Å²) in [6.45, 7) is 2.08. The second-order valence-corrected chi connectivity index (χ2v) is 3.74. The summed E-state index contributed by atoms with van der Waals surface area (Å²) in [6.07, 6.45) is 1.62. The molecule has 5 heteroatoms. The first kappa shape index (κ1) is 11.3. The van der Waals surface area contributed by atoms with Crippen LogP contribution in [0.5, 0.6) is 0 Å². The molecule has 0 atom stereocenters. The lowest BCUT2D eigenvalue weighted by molar-refractivity contribution is 0.0696. The van der Waals surface area contributed by atoms with Crippen LogP contribution in [0.25, 0.3) is 0 Å². The standard InChI is InChI=1S/C12H11FN2O2/c1-8-4-5-14-15(8)7-10-6-9(12(16)17)2-3-11(10)13/h2-6H,7H2,1H3,(H,16,17). The fraction of sp³-hybridized carbons (Fsp3) is 0.167. The predicted molar refractivity (Wildman–Crippen MR) is 59.4 cm³/mol. The van der Waals surface area contributed by atoms with Crippen LogP contribution in [0, 0.1) is 12.7 Å². The van der Waals surface area contributed by atoms with Crippen LogP contribution in [0.4, 0.5) is 4.39 Å². The number of nitrogens with zero attached hydrogens (tertiary/aromatic N) is 2. The fourth-order valence-corrected chi connectivity index (χ4v) is 1.55. The molecule has 2 aromatic rings. The highest BCUT2D eigenvalue weighted by Gasteiger charge is 2.09. The molecule has 0 radical (unpaired) electrons. The van der Waals surface area contributed by atoms with Crippen LogP contribution in [-0.4, -0.2) is 20.9 Å². The summed E-state index contributed by atoms with van der Waals surface area (Å²) >= 11 is 0. The van der Waals surface area contributed by atoms with Gasteiger partial charge in [-0.25, -0.2) is 9.18 Å². The van der Waals surface area contributed by atoms with E-state index in [9.17, 15) is 9.18 Å². The minimum atomic E-state index is -1.07. The molecule has 0 saturated carbocycles. The van der Waals surface area contributed by atoms with Gasteiger partial charge in [0, 0.05) is 17.5 Å². The molecule has 0 saturated heterocycles.